The fraction of sp³-hybridized carbons (Fsp3) is 0.0455. The van der Waals surface area contributed by atoms with E-state index in [4.69, 9.17) is 16.6 Å². The van der Waals surface area contributed by atoms with E-state index in [9.17, 15) is 0 Å². The molecule has 0 aromatic heterocycles. The van der Waals surface area contributed by atoms with E-state index in [0.717, 1.165) is 26.9 Å². The maximum atomic E-state index is 6.05. The van der Waals surface area contributed by atoms with Crippen LogP contribution < -0.4 is 0 Å². The second-order valence-corrected chi connectivity index (χ2v) is 7.00. The van der Waals surface area contributed by atoms with Crippen molar-refractivity contribution in [3.63, 3.8) is 0 Å². The third kappa shape index (κ3) is 5.35. The van der Waals surface area contributed by atoms with Crippen molar-refractivity contribution in [1.82, 2.24) is 0 Å². The normalized spacial score (nSPS) is 11.8. The van der Waals surface area contributed by atoms with Crippen LogP contribution in [0, 0.1) is 6.92 Å². The van der Waals surface area contributed by atoms with Gasteiger partial charge in [-0.3, -0.25) is 0 Å². The van der Waals surface area contributed by atoms with Gasteiger partial charge in [-0.15, -0.1) is 0 Å². The zero-order chi connectivity index (χ0) is 17.5. The van der Waals surface area contributed by atoms with Crippen molar-refractivity contribution in [2.24, 2.45) is 4.99 Å². The lowest BCUT2D eigenvalue weighted by atomic mass is 10.1. The van der Waals surface area contributed by atoms with Crippen LogP contribution in [0.3, 0.4) is 0 Å². The Labute approximate surface area is 158 Å². The van der Waals surface area contributed by atoms with Crippen LogP contribution in [0.4, 0.5) is 5.69 Å². The van der Waals surface area contributed by atoms with Crippen LogP contribution in [0.5, 0.6) is 0 Å². The van der Waals surface area contributed by atoms with Crippen LogP contribution in [0.25, 0.3) is 0 Å². The van der Waals surface area contributed by atoms with Gasteiger partial charge in [0.25, 0.3) is 0 Å². The molecular weight excluding hydrogens is 346 g/mol. The summed E-state index contributed by atoms with van der Waals surface area (Å²) >= 11 is 7.67. The van der Waals surface area contributed by atoms with Gasteiger partial charge < -0.3 is 0 Å². The van der Waals surface area contributed by atoms with Crippen LogP contribution in [-0.2, 0) is 0 Å². The molecule has 0 unspecified atom stereocenters. The molecule has 3 aromatic carbocycles. The van der Waals surface area contributed by atoms with Gasteiger partial charge in [0.15, 0.2) is 0 Å². The molecule has 0 saturated carbocycles. The van der Waals surface area contributed by atoms with Crippen molar-refractivity contribution in [1.29, 1.82) is 0 Å². The van der Waals surface area contributed by atoms with E-state index in [0.29, 0.717) is 0 Å². The number of halogens is 1. The number of para-hydroxylation sites is 1. The quantitative estimate of drug-likeness (QED) is 0.348. The number of nitrogens with zero attached hydrogens (tertiary/aromatic N) is 1. The number of aryl methyl sites for hydroxylation is 1. The highest BCUT2D eigenvalue weighted by molar-refractivity contribution is 8.02. The number of aliphatic imine (C=N–C) groups is 1. The summed E-state index contributed by atoms with van der Waals surface area (Å²) < 4.78 is 0. The van der Waals surface area contributed by atoms with Gasteiger partial charge in [0, 0.05) is 15.5 Å². The van der Waals surface area contributed by atoms with Crippen molar-refractivity contribution in [3.8, 4) is 0 Å². The summed E-state index contributed by atoms with van der Waals surface area (Å²) in [5.41, 5.74) is 4.20. The minimum absolute atomic E-state index is 0.746. The zero-order valence-electron chi connectivity index (χ0n) is 13.9. The predicted octanol–water partition coefficient (Wildman–Crippen LogP) is 7.08. The van der Waals surface area contributed by atoms with Gasteiger partial charge in [0.1, 0.15) is 0 Å². The van der Waals surface area contributed by atoms with Crippen molar-refractivity contribution in [2.75, 3.05) is 0 Å². The summed E-state index contributed by atoms with van der Waals surface area (Å²) in [5, 5.41) is 2.80. The molecule has 1 nitrogen and oxygen atoms in total. The van der Waals surface area contributed by atoms with Crippen molar-refractivity contribution in [3.05, 3.63) is 106 Å². The molecule has 25 heavy (non-hydrogen) atoms. The molecule has 0 amide bonds. The van der Waals surface area contributed by atoms with Crippen molar-refractivity contribution >= 4 is 34.8 Å². The summed E-state index contributed by atoms with van der Waals surface area (Å²) in [4.78, 5) is 5.91. The third-order valence-corrected chi connectivity index (χ3v) is 4.58. The molecule has 3 aromatic rings. The number of thioether (sulfide) groups is 1. The number of hydrogen-bond donors (Lipinski definition) is 0. The Balaban J connectivity index is 1.88. The Morgan fingerprint density at radius 1 is 0.920 bits per heavy atom. The van der Waals surface area contributed by atoms with E-state index in [2.05, 4.69) is 36.6 Å². The maximum absolute atomic E-state index is 6.05. The summed E-state index contributed by atoms with van der Waals surface area (Å²) in [6.45, 7) is 2.09. The highest BCUT2D eigenvalue weighted by atomic mass is 35.5. The molecule has 0 heterocycles. The van der Waals surface area contributed by atoms with Gasteiger partial charge in [-0.25, -0.2) is 4.99 Å². The smallest absolute Gasteiger partial charge is 0.0714 e. The largest absolute Gasteiger partial charge is 0.248 e. The van der Waals surface area contributed by atoms with E-state index >= 15 is 0 Å². The highest BCUT2D eigenvalue weighted by Crippen LogP contribution is 2.23. The van der Waals surface area contributed by atoms with Crippen LogP contribution in [-0.4, -0.2) is 5.71 Å². The molecule has 0 fully saturated rings. The molecule has 124 valence electrons. The molecule has 0 radical (unpaired) electrons. The Bertz CT molecular complexity index is 901. The second kappa shape index (κ2) is 8.70. The van der Waals surface area contributed by atoms with E-state index in [1.54, 1.807) is 11.8 Å². The van der Waals surface area contributed by atoms with Gasteiger partial charge in [0.05, 0.1) is 11.4 Å². The van der Waals surface area contributed by atoms with E-state index in [1.165, 1.54) is 5.56 Å². The average Bonchev–Trinajstić information content (AvgIpc) is 2.62. The lowest BCUT2D eigenvalue weighted by molar-refractivity contribution is 1.44. The van der Waals surface area contributed by atoms with E-state index in [1.807, 2.05) is 60.7 Å². The minimum Gasteiger partial charge on any atom is -0.248 e. The van der Waals surface area contributed by atoms with Gasteiger partial charge in [-0.2, -0.15) is 0 Å². The predicted molar refractivity (Wildman–Crippen MR) is 110 cm³/mol. The fourth-order valence-electron chi connectivity index (χ4n) is 2.36. The van der Waals surface area contributed by atoms with Gasteiger partial charge >= 0.3 is 0 Å². The van der Waals surface area contributed by atoms with Crippen molar-refractivity contribution < 1.29 is 0 Å². The summed E-state index contributed by atoms with van der Waals surface area (Å²) in [7, 11) is 0. The highest BCUT2D eigenvalue weighted by Gasteiger charge is 2.01. The molecule has 3 rings (SSSR count). The zero-order valence-corrected chi connectivity index (χ0v) is 15.5. The molecular formula is C22H18ClNS. The van der Waals surface area contributed by atoms with Gasteiger partial charge in [0.2, 0.25) is 0 Å². The number of rotatable bonds is 5. The molecule has 0 bridgehead atoms. The first-order valence-electron chi connectivity index (χ1n) is 8.00. The molecule has 0 aliphatic carbocycles. The van der Waals surface area contributed by atoms with Crippen molar-refractivity contribution in [2.45, 2.75) is 11.8 Å². The standard InChI is InChI=1S/C22H18ClNS/c1-17-7-5-8-18(15-17)22(24-20-10-3-2-4-11-20)13-14-25-21-12-6-9-19(23)16-21/h2-16H,1H3. The second-order valence-electron chi connectivity index (χ2n) is 5.58. The Kier molecular flexibility index (Phi) is 6.10. The first kappa shape index (κ1) is 17.5. The molecule has 0 aliphatic rings. The van der Waals surface area contributed by atoms with Crippen LogP contribution in [0.1, 0.15) is 11.1 Å². The van der Waals surface area contributed by atoms with Crippen LogP contribution in [0.2, 0.25) is 5.02 Å². The number of allylic oxidation sites excluding steroid dienone is 1. The summed E-state index contributed by atoms with van der Waals surface area (Å²) in [6, 6.07) is 26.2. The van der Waals surface area contributed by atoms with Crippen LogP contribution in [0.15, 0.2) is 100 Å². The molecule has 0 aliphatic heterocycles. The monoisotopic (exact) mass is 363 g/mol. The summed E-state index contributed by atoms with van der Waals surface area (Å²) in [6.07, 6.45) is 2.05. The minimum atomic E-state index is 0.746. The number of hydrogen-bond acceptors (Lipinski definition) is 2. The average molecular weight is 364 g/mol. The SMILES string of the molecule is Cc1cccc(C(C=CSc2cccc(Cl)c2)=Nc2ccccc2)c1. The first-order chi connectivity index (χ1) is 12.2. The van der Waals surface area contributed by atoms with Gasteiger partial charge in [-0.05, 0) is 54.8 Å². The van der Waals surface area contributed by atoms with E-state index < -0.39 is 0 Å². The van der Waals surface area contributed by atoms with E-state index in [-0.39, 0.29) is 0 Å². The van der Waals surface area contributed by atoms with Gasteiger partial charge in [-0.1, -0.05) is 71.4 Å². The number of benzene rings is 3. The van der Waals surface area contributed by atoms with Crippen LogP contribution >= 0.6 is 23.4 Å². The molecule has 0 spiro atoms. The topological polar surface area (TPSA) is 12.4 Å². The third-order valence-electron chi connectivity index (χ3n) is 3.55. The maximum Gasteiger partial charge on any atom is 0.0714 e. The Morgan fingerprint density at radius 2 is 1.72 bits per heavy atom. The Hall–Kier alpha value is -2.29. The lowest BCUT2D eigenvalue weighted by Crippen LogP contribution is -1.96. The molecule has 3 heteroatoms. The molecule has 0 saturated heterocycles. The molecule has 0 N–H and O–H groups in total. The molecule has 0 atom stereocenters. The summed E-state index contributed by atoms with van der Waals surface area (Å²) in [5.74, 6) is 0. The lowest BCUT2D eigenvalue weighted by Gasteiger charge is -2.04. The first-order valence-corrected chi connectivity index (χ1v) is 9.26. The fourth-order valence-corrected chi connectivity index (χ4v) is 3.32. The Morgan fingerprint density at radius 3 is 2.48 bits per heavy atom.